The van der Waals surface area contributed by atoms with Gasteiger partial charge in [-0.15, -0.1) is 0 Å². The summed E-state index contributed by atoms with van der Waals surface area (Å²) in [6, 6.07) is 0. The Hall–Kier alpha value is -1.32. The zero-order chi connectivity index (χ0) is 11.0. The van der Waals surface area contributed by atoms with Crippen molar-refractivity contribution in [1.82, 2.24) is 0 Å². The van der Waals surface area contributed by atoms with E-state index in [4.69, 9.17) is 0 Å². The minimum Gasteiger partial charge on any atom is -0.465 e. The van der Waals surface area contributed by atoms with Crippen LogP contribution in [0.5, 0.6) is 0 Å². The van der Waals surface area contributed by atoms with E-state index in [-0.39, 0.29) is 5.57 Å². The Morgan fingerprint density at radius 2 is 1.64 bits per heavy atom. The standard InChI is InChI=1S/C10H16O4/c1-4-5-6-7-8(9(11)13-2)10(12)14-3/h7H,4-6H2,1-3H3. The maximum Gasteiger partial charge on any atom is 0.344 e. The molecule has 4 nitrogen and oxygen atoms in total. The predicted octanol–water partition coefficient (Wildman–Crippen LogP) is 1.45. The zero-order valence-electron chi connectivity index (χ0n) is 8.83. The fourth-order valence-electron chi connectivity index (χ4n) is 0.920. The Bertz CT molecular complexity index is 212. The monoisotopic (exact) mass is 200 g/mol. The van der Waals surface area contributed by atoms with E-state index < -0.39 is 11.9 Å². The van der Waals surface area contributed by atoms with E-state index in [9.17, 15) is 9.59 Å². The van der Waals surface area contributed by atoms with E-state index in [2.05, 4.69) is 9.47 Å². The van der Waals surface area contributed by atoms with Crippen molar-refractivity contribution in [3.63, 3.8) is 0 Å². The number of carbonyl (C=O) groups is 2. The summed E-state index contributed by atoms with van der Waals surface area (Å²) in [6.45, 7) is 2.03. The summed E-state index contributed by atoms with van der Waals surface area (Å²) in [6.07, 6.45) is 4.17. The predicted molar refractivity (Wildman–Crippen MR) is 51.6 cm³/mol. The van der Waals surface area contributed by atoms with Crippen molar-refractivity contribution in [1.29, 1.82) is 0 Å². The maximum atomic E-state index is 11.1. The van der Waals surface area contributed by atoms with Crippen molar-refractivity contribution in [2.24, 2.45) is 0 Å². The zero-order valence-corrected chi connectivity index (χ0v) is 8.83. The Morgan fingerprint density at radius 1 is 1.14 bits per heavy atom. The largest absolute Gasteiger partial charge is 0.465 e. The second-order valence-corrected chi connectivity index (χ2v) is 2.74. The molecule has 14 heavy (non-hydrogen) atoms. The molecule has 4 heteroatoms. The Morgan fingerprint density at radius 3 is 2.00 bits per heavy atom. The number of esters is 2. The second kappa shape index (κ2) is 7.12. The number of rotatable bonds is 5. The minimum atomic E-state index is -0.645. The van der Waals surface area contributed by atoms with Crippen LogP contribution in [-0.2, 0) is 19.1 Å². The summed E-state index contributed by atoms with van der Waals surface area (Å²) in [5.74, 6) is -1.29. The van der Waals surface area contributed by atoms with Crippen LogP contribution in [0, 0.1) is 0 Å². The van der Waals surface area contributed by atoms with E-state index in [0.29, 0.717) is 6.42 Å². The average Bonchev–Trinajstić information content (AvgIpc) is 2.22. The molecule has 0 amide bonds. The van der Waals surface area contributed by atoms with Crippen molar-refractivity contribution < 1.29 is 19.1 Å². The molecule has 0 saturated carbocycles. The average molecular weight is 200 g/mol. The number of carbonyl (C=O) groups excluding carboxylic acids is 2. The van der Waals surface area contributed by atoms with Gasteiger partial charge in [0, 0.05) is 0 Å². The van der Waals surface area contributed by atoms with Crippen LogP contribution in [0.3, 0.4) is 0 Å². The normalized spacial score (nSPS) is 9.07. The summed E-state index contributed by atoms with van der Waals surface area (Å²) in [5.41, 5.74) is -0.0246. The molecule has 0 radical (unpaired) electrons. The van der Waals surface area contributed by atoms with Gasteiger partial charge in [0.1, 0.15) is 5.57 Å². The van der Waals surface area contributed by atoms with E-state index in [1.807, 2.05) is 6.92 Å². The quantitative estimate of drug-likeness (QED) is 0.221. The molecule has 0 aromatic carbocycles. The molecule has 0 unspecified atom stereocenters. The maximum absolute atomic E-state index is 11.1. The molecule has 0 fully saturated rings. The van der Waals surface area contributed by atoms with E-state index in [1.165, 1.54) is 14.2 Å². The number of unbranched alkanes of at least 4 members (excludes halogenated alkanes) is 2. The molecule has 0 N–H and O–H groups in total. The van der Waals surface area contributed by atoms with Gasteiger partial charge in [-0.1, -0.05) is 25.8 Å². The topological polar surface area (TPSA) is 52.6 Å². The fourth-order valence-corrected chi connectivity index (χ4v) is 0.920. The third-order valence-electron chi connectivity index (χ3n) is 1.72. The molecule has 0 aromatic heterocycles. The molecular weight excluding hydrogens is 184 g/mol. The lowest BCUT2D eigenvalue weighted by Gasteiger charge is -2.02. The van der Waals surface area contributed by atoms with Crippen LogP contribution in [0.2, 0.25) is 0 Å². The Labute approximate surface area is 83.9 Å². The van der Waals surface area contributed by atoms with Gasteiger partial charge in [0.2, 0.25) is 0 Å². The summed E-state index contributed by atoms with van der Waals surface area (Å²) in [5, 5.41) is 0. The molecule has 0 bridgehead atoms. The van der Waals surface area contributed by atoms with Gasteiger partial charge in [0.25, 0.3) is 0 Å². The molecule has 0 aliphatic rings. The lowest BCUT2D eigenvalue weighted by atomic mass is 10.1. The third-order valence-corrected chi connectivity index (χ3v) is 1.72. The molecule has 80 valence electrons. The van der Waals surface area contributed by atoms with Gasteiger partial charge in [0.15, 0.2) is 0 Å². The van der Waals surface area contributed by atoms with Crippen LogP contribution in [0.25, 0.3) is 0 Å². The van der Waals surface area contributed by atoms with Crippen LogP contribution in [0.4, 0.5) is 0 Å². The van der Waals surface area contributed by atoms with Crippen molar-refractivity contribution in [2.75, 3.05) is 14.2 Å². The number of allylic oxidation sites excluding steroid dienone is 1. The highest BCUT2D eigenvalue weighted by molar-refractivity contribution is 6.13. The van der Waals surface area contributed by atoms with Crippen LogP contribution >= 0.6 is 0 Å². The smallest absolute Gasteiger partial charge is 0.344 e. The molecule has 0 aliphatic heterocycles. The van der Waals surface area contributed by atoms with Gasteiger partial charge in [-0.2, -0.15) is 0 Å². The molecule has 0 spiro atoms. The minimum absolute atomic E-state index is 0.0246. The van der Waals surface area contributed by atoms with Crippen LogP contribution in [0.1, 0.15) is 26.2 Å². The van der Waals surface area contributed by atoms with E-state index in [1.54, 1.807) is 6.08 Å². The van der Waals surface area contributed by atoms with Gasteiger partial charge >= 0.3 is 11.9 Å². The molecular formula is C10H16O4. The molecule has 0 aromatic rings. The lowest BCUT2D eigenvalue weighted by molar-refractivity contribution is -0.144. The fraction of sp³-hybridized carbons (Fsp3) is 0.600. The molecule has 0 atom stereocenters. The third kappa shape index (κ3) is 4.07. The molecule has 0 saturated heterocycles. The molecule has 0 heterocycles. The van der Waals surface area contributed by atoms with Gasteiger partial charge < -0.3 is 9.47 Å². The number of hydrogen-bond acceptors (Lipinski definition) is 4. The first-order valence-electron chi connectivity index (χ1n) is 4.54. The number of methoxy groups -OCH3 is 2. The van der Waals surface area contributed by atoms with Crippen molar-refractivity contribution in [3.05, 3.63) is 11.6 Å². The van der Waals surface area contributed by atoms with E-state index in [0.717, 1.165) is 12.8 Å². The SMILES string of the molecule is CCCCC=C(C(=O)OC)C(=O)OC. The second-order valence-electron chi connectivity index (χ2n) is 2.74. The van der Waals surface area contributed by atoms with Crippen LogP contribution < -0.4 is 0 Å². The first-order chi connectivity index (χ1) is 6.67. The molecule has 0 rings (SSSR count). The molecule has 0 aliphatic carbocycles. The van der Waals surface area contributed by atoms with Gasteiger partial charge in [-0.3, -0.25) is 0 Å². The van der Waals surface area contributed by atoms with Crippen molar-refractivity contribution in [3.8, 4) is 0 Å². The van der Waals surface area contributed by atoms with E-state index >= 15 is 0 Å². The lowest BCUT2D eigenvalue weighted by Crippen LogP contribution is -2.15. The van der Waals surface area contributed by atoms with Gasteiger partial charge in [0.05, 0.1) is 14.2 Å². The number of ether oxygens (including phenoxy) is 2. The number of hydrogen-bond donors (Lipinski definition) is 0. The van der Waals surface area contributed by atoms with Crippen LogP contribution in [-0.4, -0.2) is 26.2 Å². The van der Waals surface area contributed by atoms with Crippen LogP contribution in [0.15, 0.2) is 11.6 Å². The van der Waals surface area contributed by atoms with Gasteiger partial charge in [-0.25, -0.2) is 9.59 Å². The first-order valence-corrected chi connectivity index (χ1v) is 4.54. The highest BCUT2D eigenvalue weighted by atomic mass is 16.5. The van der Waals surface area contributed by atoms with Crippen molar-refractivity contribution in [2.45, 2.75) is 26.2 Å². The summed E-state index contributed by atoms with van der Waals surface area (Å²) in [7, 11) is 2.47. The van der Waals surface area contributed by atoms with Crippen molar-refractivity contribution >= 4 is 11.9 Å². The van der Waals surface area contributed by atoms with Gasteiger partial charge in [-0.05, 0) is 6.42 Å². The summed E-state index contributed by atoms with van der Waals surface area (Å²) >= 11 is 0. The summed E-state index contributed by atoms with van der Waals surface area (Å²) < 4.78 is 8.92. The Balaban J connectivity index is 4.46. The Kier molecular flexibility index (Phi) is 6.45. The first kappa shape index (κ1) is 12.7. The highest BCUT2D eigenvalue weighted by Gasteiger charge is 2.18. The highest BCUT2D eigenvalue weighted by Crippen LogP contribution is 2.05. The summed E-state index contributed by atoms with van der Waals surface area (Å²) in [4.78, 5) is 22.2.